The number of non-ortho nitro benzene ring substituents is 1. The molecule has 0 N–H and O–H groups in total. The third-order valence-electron chi connectivity index (χ3n) is 3.18. The number of nitro groups is 2. The highest BCUT2D eigenvalue weighted by Crippen LogP contribution is 2.38. The molecule has 0 spiro atoms. The predicted molar refractivity (Wildman–Crippen MR) is 89.8 cm³/mol. The van der Waals surface area contributed by atoms with Gasteiger partial charge >= 0.3 is 12.1 Å². The number of halogens is 3. The number of hydrogen-bond donors (Lipinski definition) is 0. The molecule has 13 heteroatoms. The van der Waals surface area contributed by atoms with Crippen molar-refractivity contribution in [3.63, 3.8) is 0 Å². The Balaban J connectivity index is 3.11. The normalized spacial score (nSPS) is 13.2. The minimum Gasteiger partial charge on any atom is -0.458 e. The van der Waals surface area contributed by atoms with Crippen molar-refractivity contribution in [3.05, 3.63) is 38.4 Å². The lowest BCUT2D eigenvalue weighted by molar-refractivity contribution is -0.396. The number of carbonyl (C=O) groups excluding carboxylic acids is 1. The maximum absolute atomic E-state index is 12.3. The molecule has 1 aromatic carbocycles. The molecule has 0 fully saturated rings. The minimum absolute atomic E-state index is 0.0519. The molecule has 0 saturated carbocycles. The SMILES string of the molecule is C[Si](C)(C)C(COC(=O)C(F)(F)F)Sc1ccc([N+](=O)[O-])cc1[N+](=O)[O-]. The van der Waals surface area contributed by atoms with Crippen LogP contribution in [0.5, 0.6) is 0 Å². The molecule has 0 saturated heterocycles. The van der Waals surface area contributed by atoms with E-state index in [1.165, 1.54) is 6.07 Å². The van der Waals surface area contributed by atoms with Crippen molar-refractivity contribution in [2.75, 3.05) is 6.61 Å². The summed E-state index contributed by atoms with van der Waals surface area (Å²) in [5, 5.41) is 21.9. The summed E-state index contributed by atoms with van der Waals surface area (Å²) in [6.45, 7) is 4.81. The van der Waals surface area contributed by atoms with Gasteiger partial charge in [0.25, 0.3) is 11.4 Å². The number of benzene rings is 1. The molecule has 1 unspecified atom stereocenters. The van der Waals surface area contributed by atoms with Crippen LogP contribution in [0.1, 0.15) is 0 Å². The highest BCUT2D eigenvalue weighted by Gasteiger charge is 2.42. The van der Waals surface area contributed by atoms with E-state index >= 15 is 0 Å². The van der Waals surface area contributed by atoms with Gasteiger partial charge in [0.2, 0.25) is 0 Å². The molecule has 1 aromatic rings. The highest BCUT2D eigenvalue weighted by molar-refractivity contribution is 8.01. The lowest BCUT2D eigenvalue weighted by Gasteiger charge is -2.28. The second kappa shape index (κ2) is 8.03. The van der Waals surface area contributed by atoms with Crippen molar-refractivity contribution < 1.29 is 32.5 Å². The van der Waals surface area contributed by atoms with E-state index in [1.807, 2.05) is 0 Å². The van der Waals surface area contributed by atoms with Crippen LogP contribution in [0.4, 0.5) is 24.5 Å². The molecule has 26 heavy (non-hydrogen) atoms. The predicted octanol–water partition coefficient (Wildman–Crippen LogP) is 3.95. The number of nitro benzene ring substituents is 2. The van der Waals surface area contributed by atoms with Gasteiger partial charge in [-0.2, -0.15) is 13.2 Å². The lowest BCUT2D eigenvalue weighted by Crippen LogP contribution is -2.41. The second-order valence-electron chi connectivity index (χ2n) is 6.23. The van der Waals surface area contributed by atoms with E-state index in [1.54, 1.807) is 19.6 Å². The van der Waals surface area contributed by atoms with E-state index in [2.05, 4.69) is 4.74 Å². The van der Waals surface area contributed by atoms with Crippen LogP contribution in [0.15, 0.2) is 23.1 Å². The fourth-order valence-corrected chi connectivity index (χ4v) is 4.93. The van der Waals surface area contributed by atoms with E-state index in [0.717, 1.165) is 23.9 Å². The van der Waals surface area contributed by atoms with Crippen molar-refractivity contribution in [2.45, 2.75) is 35.6 Å². The Morgan fingerprint density at radius 1 is 1.23 bits per heavy atom. The van der Waals surface area contributed by atoms with Gasteiger partial charge in [0, 0.05) is 10.9 Å². The Morgan fingerprint density at radius 2 is 1.81 bits per heavy atom. The van der Waals surface area contributed by atoms with Crippen molar-refractivity contribution in [1.29, 1.82) is 0 Å². The first-order valence-corrected chi connectivity index (χ1v) is 11.5. The topological polar surface area (TPSA) is 113 Å². The number of thioether (sulfide) groups is 1. The van der Waals surface area contributed by atoms with Crippen LogP contribution in [-0.4, -0.2) is 41.5 Å². The molecule has 0 aliphatic heterocycles. The van der Waals surface area contributed by atoms with Crippen molar-refractivity contribution in [2.24, 2.45) is 0 Å². The van der Waals surface area contributed by atoms with Gasteiger partial charge in [0.1, 0.15) is 6.61 Å². The maximum atomic E-state index is 12.3. The molecule has 0 bridgehead atoms. The zero-order valence-electron chi connectivity index (χ0n) is 13.9. The van der Waals surface area contributed by atoms with E-state index in [4.69, 9.17) is 0 Å². The molecule has 1 rings (SSSR count). The summed E-state index contributed by atoms with van der Waals surface area (Å²) in [5.41, 5.74) is -1.01. The van der Waals surface area contributed by atoms with Gasteiger partial charge in [-0.15, -0.1) is 11.8 Å². The fraction of sp³-hybridized carbons (Fsp3) is 0.462. The molecule has 0 aliphatic rings. The average molecular weight is 412 g/mol. The molecule has 0 amide bonds. The molecule has 1 atom stereocenters. The molecule has 0 radical (unpaired) electrons. The molecule has 8 nitrogen and oxygen atoms in total. The number of esters is 1. The van der Waals surface area contributed by atoms with Gasteiger partial charge < -0.3 is 4.74 Å². The summed E-state index contributed by atoms with van der Waals surface area (Å²) >= 11 is 0.877. The average Bonchev–Trinajstić information content (AvgIpc) is 2.48. The maximum Gasteiger partial charge on any atom is 0.490 e. The zero-order chi connectivity index (χ0) is 20.3. The number of nitrogens with zero attached hydrogens (tertiary/aromatic N) is 2. The van der Waals surface area contributed by atoms with Crippen molar-refractivity contribution in [3.8, 4) is 0 Å². The summed E-state index contributed by atoms with van der Waals surface area (Å²) < 4.78 is 41.2. The summed E-state index contributed by atoms with van der Waals surface area (Å²) in [4.78, 5) is 30.7. The van der Waals surface area contributed by atoms with Crippen molar-refractivity contribution in [1.82, 2.24) is 0 Å². The Morgan fingerprint density at radius 3 is 2.23 bits per heavy atom. The fourth-order valence-electron chi connectivity index (χ4n) is 1.71. The first-order valence-electron chi connectivity index (χ1n) is 7.07. The Labute approximate surface area is 151 Å². The van der Waals surface area contributed by atoms with E-state index in [9.17, 15) is 38.2 Å². The summed E-state index contributed by atoms with van der Waals surface area (Å²) in [6, 6.07) is 3.02. The number of carbonyl (C=O) groups is 1. The third kappa shape index (κ3) is 5.98. The quantitative estimate of drug-likeness (QED) is 0.219. The van der Waals surface area contributed by atoms with Crippen LogP contribution < -0.4 is 0 Å². The van der Waals surface area contributed by atoms with Gasteiger partial charge in [-0.05, 0) is 6.07 Å². The molecule has 0 aliphatic carbocycles. The van der Waals surface area contributed by atoms with Crippen LogP contribution in [0.2, 0.25) is 19.6 Å². The van der Waals surface area contributed by atoms with Gasteiger partial charge in [0.05, 0.1) is 28.9 Å². The standard InChI is InChI=1S/C13H15F3N2O6SSi/c1-26(2,3)11(7-24-12(19)13(14,15)16)25-10-5-4-8(17(20)21)6-9(10)18(22)23/h4-6,11H,7H2,1-3H3. The van der Waals surface area contributed by atoms with Gasteiger partial charge in [0.15, 0.2) is 0 Å². The highest BCUT2D eigenvalue weighted by atomic mass is 32.2. The van der Waals surface area contributed by atoms with E-state index in [0.29, 0.717) is 0 Å². The van der Waals surface area contributed by atoms with Gasteiger partial charge in [-0.1, -0.05) is 19.6 Å². The van der Waals surface area contributed by atoms with Crippen LogP contribution in [-0.2, 0) is 9.53 Å². The summed E-state index contributed by atoms with van der Waals surface area (Å²) in [6.07, 6.45) is -5.13. The molecule has 0 heterocycles. The second-order valence-corrected chi connectivity index (χ2v) is 13.3. The first kappa shape index (κ1) is 21.9. The van der Waals surface area contributed by atoms with Gasteiger partial charge in [-0.25, -0.2) is 4.79 Å². The number of alkyl halides is 3. The number of hydrogen-bond acceptors (Lipinski definition) is 7. The van der Waals surface area contributed by atoms with E-state index in [-0.39, 0.29) is 4.90 Å². The van der Waals surface area contributed by atoms with Crippen LogP contribution in [0.3, 0.4) is 0 Å². The van der Waals surface area contributed by atoms with Crippen LogP contribution >= 0.6 is 11.8 Å². The Bertz CT molecular complexity index is 723. The van der Waals surface area contributed by atoms with Crippen molar-refractivity contribution >= 4 is 37.2 Å². The largest absolute Gasteiger partial charge is 0.490 e. The Kier molecular flexibility index (Phi) is 6.76. The number of rotatable bonds is 7. The monoisotopic (exact) mass is 412 g/mol. The molecule has 0 aromatic heterocycles. The van der Waals surface area contributed by atoms with Gasteiger partial charge in [-0.3, -0.25) is 20.2 Å². The van der Waals surface area contributed by atoms with E-state index < -0.39 is 52.9 Å². The molecular formula is C13H15F3N2O6SSi. The molecule has 144 valence electrons. The Hall–Kier alpha value is -2.15. The smallest absolute Gasteiger partial charge is 0.458 e. The van der Waals surface area contributed by atoms with Crippen LogP contribution in [0.25, 0.3) is 0 Å². The first-order chi connectivity index (χ1) is 11.7. The number of ether oxygens (including phenoxy) is 1. The van der Waals surface area contributed by atoms with Crippen LogP contribution in [0, 0.1) is 20.2 Å². The molecular weight excluding hydrogens is 397 g/mol. The minimum atomic E-state index is -5.13. The third-order valence-corrected chi connectivity index (χ3v) is 8.78. The summed E-state index contributed by atoms with van der Waals surface area (Å²) in [7, 11) is -2.23. The lowest BCUT2D eigenvalue weighted by atomic mass is 10.3. The zero-order valence-corrected chi connectivity index (χ0v) is 15.7. The summed E-state index contributed by atoms with van der Waals surface area (Å²) in [5.74, 6) is -2.33.